The number of benzene rings is 1. The van der Waals surface area contributed by atoms with Crippen LogP contribution in [-0.4, -0.2) is 15.3 Å². The van der Waals surface area contributed by atoms with Gasteiger partial charge in [0.25, 0.3) is 0 Å². The summed E-state index contributed by atoms with van der Waals surface area (Å²) in [6.45, 7) is 2.70. The highest BCUT2D eigenvalue weighted by Gasteiger charge is 2.05. The molecule has 1 atom stereocenters. The molecule has 0 spiro atoms. The first-order valence-electron chi connectivity index (χ1n) is 5.54. The fourth-order valence-corrected chi connectivity index (χ4v) is 1.60. The molecule has 0 saturated carbocycles. The van der Waals surface area contributed by atoms with Gasteiger partial charge < -0.3 is 10.4 Å². The largest absolute Gasteiger partial charge is 0.508 e. The number of nitrogens with zero attached hydrogens (tertiary/aromatic N) is 2. The van der Waals surface area contributed by atoms with Crippen molar-refractivity contribution >= 4 is 0 Å². The van der Waals surface area contributed by atoms with Gasteiger partial charge in [0.2, 0.25) is 0 Å². The SMILES string of the molecule is CC(NCc1cccnn1)c1cccc(O)c1. The number of aromatic nitrogens is 2. The Morgan fingerprint density at radius 2 is 2.18 bits per heavy atom. The topological polar surface area (TPSA) is 58.0 Å². The van der Waals surface area contributed by atoms with Crippen molar-refractivity contribution in [2.45, 2.75) is 19.5 Å². The van der Waals surface area contributed by atoms with Crippen molar-refractivity contribution in [1.82, 2.24) is 15.5 Å². The third-order valence-corrected chi connectivity index (χ3v) is 2.59. The highest BCUT2D eigenvalue weighted by Crippen LogP contribution is 2.17. The molecule has 2 rings (SSSR count). The summed E-state index contributed by atoms with van der Waals surface area (Å²) in [6, 6.07) is 11.2. The van der Waals surface area contributed by atoms with Crippen molar-refractivity contribution in [2.24, 2.45) is 0 Å². The number of nitrogens with one attached hydrogen (secondary N) is 1. The van der Waals surface area contributed by atoms with Crippen molar-refractivity contribution in [2.75, 3.05) is 0 Å². The normalized spacial score (nSPS) is 12.3. The molecular weight excluding hydrogens is 214 g/mol. The van der Waals surface area contributed by atoms with Crippen LogP contribution < -0.4 is 5.32 Å². The second-order valence-electron chi connectivity index (χ2n) is 3.91. The first-order valence-corrected chi connectivity index (χ1v) is 5.54. The maximum atomic E-state index is 9.40. The highest BCUT2D eigenvalue weighted by molar-refractivity contribution is 5.29. The van der Waals surface area contributed by atoms with E-state index in [2.05, 4.69) is 15.5 Å². The van der Waals surface area contributed by atoms with Gasteiger partial charge >= 0.3 is 0 Å². The van der Waals surface area contributed by atoms with Crippen LogP contribution in [0.1, 0.15) is 24.2 Å². The minimum Gasteiger partial charge on any atom is -0.508 e. The minimum absolute atomic E-state index is 0.157. The van der Waals surface area contributed by atoms with E-state index in [4.69, 9.17) is 0 Å². The Kier molecular flexibility index (Phi) is 3.67. The molecule has 1 aromatic carbocycles. The molecule has 0 radical (unpaired) electrons. The van der Waals surface area contributed by atoms with Gasteiger partial charge in [0.1, 0.15) is 5.75 Å². The van der Waals surface area contributed by atoms with Gasteiger partial charge in [-0.1, -0.05) is 12.1 Å². The summed E-state index contributed by atoms with van der Waals surface area (Å²) < 4.78 is 0. The van der Waals surface area contributed by atoms with E-state index in [1.165, 1.54) is 0 Å². The summed E-state index contributed by atoms with van der Waals surface area (Å²) in [6.07, 6.45) is 1.65. The Morgan fingerprint density at radius 3 is 2.88 bits per heavy atom. The van der Waals surface area contributed by atoms with E-state index in [9.17, 15) is 5.11 Å². The van der Waals surface area contributed by atoms with Crippen molar-refractivity contribution in [1.29, 1.82) is 0 Å². The number of phenols is 1. The van der Waals surface area contributed by atoms with Crippen LogP contribution in [0.4, 0.5) is 0 Å². The van der Waals surface area contributed by atoms with Gasteiger partial charge in [-0.3, -0.25) is 0 Å². The molecule has 88 valence electrons. The van der Waals surface area contributed by atoms with Crippen LogP contribution in [-0.2, 0) is 6.54 Å². The van der Waals surface area contributed by atoms with Gasteiger partial charge in [-0.2, -0.15) is 10.2 Å². The van der Waals surface area contributed by atoms with Crippen molar-refractivity contribution in [3.8, 4) is 5.75 Å². The van der Waals surface area contributed by atoms with Crippen LogP contribution in [0.5, 0.6) is 5.75 Å². The Balaban J connectivity index is 1.96. The molecule has 0 aliphatic heterocycles. The minimum atomic E-state index is 0.157. The maximum Gasteiger partial charge on any atom is 0.115 e. The van der Waals surface area contributed by atoms with E-state index in [1.807, 2.05) is 31.2 Å². The molecule has 17 heavy (non-hydrogen) atoms. The zero-order chi connectivity index (χ0) is 12.1. The smallest absolute Gasteiger partial charge is 0.115 e. The molecule has 2 aromatic rings. The third-order valence-electron chi connectivity index (χ3n) is 2.59. The molecule has 1 heterocycles. The summed E-state index contributed by atoms with van der Waals surface area (Å²) in [5, 5.41) is 20.5. The Morgan fingerprint density at radius 1 is 1.29 bits per heavy atom. The standard InChI is InChI=1S/C13H15N3O/c1-10(11-4-2-6-13(17)8-11)14-9-12-5-3-7-15-16-12/h2-8,10,14,17H,9H2,1H3. The molecule has 0 aliphatic rings. The quantitative estimate of drug-likeness (QED) is 0.842. The average Bonchev–Trinajstić information content (AvgIpc) is 2.37. The second kappa shape index (κ2) is 5.41. The van der Waals surface area contributed by atoms with Crippen molar-refractivity contribution < 1.29 is 5.11 Å². The Hall–Kier alpha value is -1.94. The molecule has 1 aromatic heterocycles. The van der Waals surface area contributed by atoms with E-state index in [0.717, 1.165) is 11.3 Å². The number of phenolic OH excluding ortho intramolecular Hbond substituents is 1. The van der Waals surface area contributed by atoms with Crippen LogP contribution in [0.15, 0.2) is 42.6 Å². The third kappa shape index (κ3) is 3.26. The molecule has 2 N–H and O–H groups in total. The Labute approximate surface area is 100 Å². The molecule has 0 amide bonds. The lowest BCUT2D eigenvalue weighted by Gasteiger charge is -2.13. The van der Waals surface area contributed by atoms with Gasteiger partial charge in [-0.05, 0) is 36.8 Å². The van der Waals surface area contributed by atoms with Crippen LogP contribution in [0.3, 0.4) is 0 Å². The highest BCUT2D eigenvalue weighted by atomic mass is 16.3. The molecular formula is C13H15N3O. The number of rotatable bonds is 4. The van der Waals surface area contributed by atoms with E-state index in [0.29, 0.717) is 6.54 Å². The summed E-state index contributed by atoms with van der Waals surface area (Å²) in [7, 11) is 0. The second-order valence-corrected chi connectivity index (χ2v) is 3.91. The van der Waals surface area contributed by atoms with Crippen LogP contribution >= 0.6 is 0 Å². The molecule has 4 heteroatoms. The average molecular weight is 229 g/mol. The van der Waals surface area contributed by atoms with Crippen molar-refractivity contribution in [3.63, 3.8) is 0 Å². The lowest BCUT2D eigenvalue weighted by molar-refractivity contribution is 0.472. The van der Waals surface area contributed by atoms with Gasteiger partial charge in [0.05, 0.1) is 5.69 Å². The molecule has 0 saturated heterocycles. The zero-order valence-electron chi connectivity index (χ0n) is 9.67. The van der Waals surface area contributed by atoms with Crippen LogP contribution in [0.2, 0.25) is 0 Å². The van der Waals surface area contributed by atoms with Crippen molar-refractivity contribution in [3.05, 3.63) is 53.9 Å². The monoisotopic (exact) mass is 229 g/mol. The maximum absolute atomic E-state index is 9.40. The lowest BCUT2D eigenvalue weighted by atomic mass is 10.1. The van der Waals surface area contributed by atoms with Crippen LogP contribution in [0, 0.1) is 0 Å². The first-order chi connectivity index (χ1) is 8.25. The van der Waals surface area contributed by atoms with Gasteiger partial charge in [0.15, 0.2) is 0 Å². The fourth-order valence-electron chi connectivity index (χ4n) is 1.60. The fraction of sp³-hybridized carbons (Fsp3) is 0.231. The van der Waals surface area contributed by atoms with E-state index in [-0.39, 0.29) is 11.8 Å². The summed E-state index contributed by atoms with van der Waals surface area (Å²) >= 11 is 0. The molecule has 0 aliphatic carbocycles. The first kappa shape index (κ1) is 11.5. The number of hydrogen-bond donors (Lipinski definition) is 2. The van der Waals surface area contributed by atoms with Gasteiger partial charge in [-0.15, -0.1) is 0 Å². The number of hydrogen-bond acceptors (Lipinski definition) is 4. The van der Waals surface area contributed by atoms with Gasteiger partial charge in [0, 0.05) is 18.8 Å². The lowest BCUT2D eigenvalue weighted by Crippen LogP contribution is -2.18. The predicted octanol–water partition coefficient (Wildman–Crippen LogP) is 2.03. The zero-order valence-corrected chi connectivity index (χ0v) is 9.67. The van der Waals surface area contributed by atoms with E-state index in [1.54, 1.807) is 18.3 Å². The van der Waals surface area contributed by atoms with Gasteiger partial charge in [-0.25, -0.2) is 0 Å². The summed E-state index contributed by atoms with van der Waals surface area (Å²) in [4.78, 5) is 0. The van der Waals surface area contributed by atoms with E-state index < -0.39 is 0 Å². The predicted molar refractivity (Wildman–Crippen MR) is 65.4 cm³/mol. The van der Waals surface area contributed by atoms with E-state index >= 15 is 0 Å². The molecule has 1 unspecified atom stereocenters. The Bertz CT molecular complexity index is 473. The van der Waals surface area contributed by atoms with Crippen LogP contribution in [0.25, 0.3) is 0 Å². The number of aromatic hydroxyl groups is 1. The summed E-state index contributed by atoms with van der Waals surface area (Å²) in [5.41, 5.74) is 1.95. The summed E-state index contributed by atoms with van der Waals surface area (Å²) in [5.74, 6) is 0.288. The molecule has 0 fully saturated rings. The molecule has 0 bridgehead atoms. The molecule has 4 nitrogen and oxygen atoms in total.